The average molecular weight is 345 g/mol. The highest BCUT2D eigenvalue weighted by Gasteiger charge is 2.15. The predicted octanol–water partition coefficient (Wildman–Crippen LogP) is 5.38. The van der Waals surface area contributed by atoms with Crippen LogP contribution in [0.2, 0.25) is 0 Å². The molecule has 1 N–H and O–H groups in total. The Balaban J connectivity index is 1.62. The van der Waals surface area contributed by atoms with Crippen LogP contribution in [0.25, 0.3) is 11.1 Å². The Labute approximate surface area is 154 Å². The quantitative estimate of drug-likeness (QED) is 0.674. The van der Waals surface area contributed by atoms with E-state index in [1.807, 2.05) is 74.5 Å². The lowest BCUT2D eigenvalue weighted by molar-refractivity contribution is -0.122. The van der Waals surface area contributed by atoms with E-state index in [0.29, 0.717) is 5.75 Å². The summed E-state index contributed by atoms with van der Waals surface area (Å²) in [5, 5.41) is 2.90. The van der Waals surface area contributed by atoms with Gasteiger partial charge >= 0.3 is 0 Å². The number of carbonyl (C=O) groups excluding carboxylic acids is 1. The summed E-state index contributed by atoms with van der Waals surface area (Å²) in [4.78, 5) is 12.4. The normalized spacial score (nSPS) is 11.7. The minimum Gasteiger partial charge on any atom is -0.481 e. The van der Waals surface area contributed by atoms with Crippen LogP contribution in [-0.4, -0.2) is 12.0 Å². The van der Waals surface area contributed by atoms with E-state index in [9.17, 15) is 4.79 Å². The van der Waals surface area contributed by atoms with E-state index in [1.165, 1.54) is 5.56 Å². The third-order valence-electron chi connectivity index (χ3n) is 4.42. The van der Waals surface area contributed by atoms with Crippen molar-refractivity contribution in [2.75, 3.05) is 5.32 Å². The summed E-state index contributed by atoms with van der Waals surface area (Å²) >= 11 is 0. The summed E-state index contributed by atoms with van der Waals surface area (Å²) in [5.74, 6) is 0.507. The van der Waals surface area contributed by atoms with E-state index in [2.05, 4.69) is 17.4 Å². The van der Waals surface area contributed by atoms with Gasteiger partial charge in [0, 0.05) is 5.69 Å². The number of benzene rings is 3. The largest absolute Gasteiger partial charge is 0.481 e. The van der Waals surface area contributed by atoms with Gasteiger partial charge in [-0.3, -0.25) is 4.79 Å². The van der Waals surface area contributed by atoms with Crippen LogP contribution >= 0.6 is 0 Å². The molecule has 0 saturated heterocycles. The van der Waals surface area contributed by atoms with E-state index < -0.39 is 6.10 Å². The molecule has 0 aliphatic carbocycles. The van der Waals surface area contributed by atoms with Crippen molar-refractivity contribution in [3.8, 4) is 16.9 Å². The molecule has 3 aromatic carbocycles. The van der Waals surface area contributed by atoms with Gasteiger partial charge in [-0.2, -0.15) is 0 Å². The smallest absolute Gasteiger partial charge is 0.265 e. The number of amides is 1. The highest BCUT2D eigenvalue weighted by Crippen LogP contribution is 2.23. The topological polar surface area (TPSA) is 38.3 Å². The van der Waals surface area contributed by atoms with Gasteiger partial charge in [0.1, 0.15) is 5.75 Å². The first-order chi connectivity index (χ1) is 12.5. The molecule has 3 heteroatoms. The van der Waals surface area contributed by atoms with E-state index in [1.54, 1.807) is 6.92 Å². The number of aryl methyl sites for hydroxylation is 2. The van der Waals surface area contributed by atoms with Gasteiger partial charge in [0.2, 0.25) is 0 Å². The monoisotopic (exact) mass is 345 g/mol. The molecule has 3 rings (SSSR count). The first-order valence-electron chi connectivity index (χ1n) is 8.73. The lowest BCUT2D eigenvalue weighted by Crippen LogP contribution is -2.30. The van der Waals surface area contributed by atoms with Gasteiger partial charge in [-0.05, 0) is 67.3 Å². The molecule has 26 heavy (non-hydrogen) atoms. The zero-order valence-electron chi connectivity index (χ0n) is 15.3. The molecule has 0 aromatic heterocycles. The number of hydrogen-bond donors (Lipinski definition) is 1. The van der Waals surface area contributed by atoms with E-state index in [-0.39, 0.29) is 5.91 Å². The van der Waals surface area contributed by atoms with Gasteiger partial charge in [0.05, 0.1) is 0 Å². The molecule has 0 saturated carbocycles. The molecule has 0 spiro atoms. The van der Waals surface area contributed by atoms with Gasteiger partial charge in [-0.15, -0.1) is 0 Å². The van der Waals surface area contributed by atoms with Crippen molar-refractivity contribution in [3.63, 3.8) is 0 Å². The Hall–Kier alpha value is -3.07. The molecule has 3 aromatic rings. The van der Waals surface area contributed by atoms with Crippen LogP contribution in [0.15, 0.2) is 72.8 Å². The zero-order valence-corrected chi connectivity index (χ0v) is 15.3. The molecule has 0 radical (unpaired) electrons. The number of ether oxygens (including phenoxy) is 1. The second-order valence-corrected chi connectivity index (χ2v) is 6.44. The van der Waals surface area contributed by atoms with E-state index in [0.717, 1.165) is 22.4 Å². The van der Waals surface area contributed by atoms with Crippen LogP contribution in [0.3, 0.4) is 0 Å². The maximum Gasteiger partial charge on any atom is 0.265 e. The second-order valence-electron chi connectivity index (χ2n) is 6.44. The second kappa shape index (κ2) is 7.87. The van der Waals surface area contributed by atoms with Crippen LogP contribution in [0, 0.1) is 13.8 Å². The minimum atomic E-state index is -0.584. The van der Waals surface area contributed by atoms with Crippen molar-refractivity contribution in [1.29, 1.82) is 0 Å². The van der Waals surface area contributed by atoms with Crippen LogP contribution in [0.4, 0.5) is 5.69 Å². The van der Waals surface area contributed by atoms with Gasteiger partial charge in [-0.1, -0.05) is 48.5 Å². The summed E-state index contributed by atoms with van der Waals surface area (Å²) in [6.45, 7) is 5.83. The van der Waals surface area contributed by atoms with Crippen molar-refractivity contribution < 1.29 is 9.53 Å². The molecule has 1 unspecified atom stereocenters. The fourth-order valence-corrected chi connectivity index (χ4v) is 2.68. The lowest BCUT2D eigenvalue weighted by atomic mass is 10.1. The van der Waals surface area contributed by atoms with Crippen molar-refractivity contribution in [1.82, 2.24) is 0 Å². The fraction of sp³-hybridized carbons (Fsp3) is 0.174. The predicted molar refractivity (Wildman–Crippen MR) is 107 cm³/mol. The van der Waals surface area contributed by atoms with Gasteiger partial charge in [-0.25, -0.2) is 0 Å². The fourth-order valence-electron chi connectivity index (χ4n) is 2.68. The van der Waals surface area contributed by atoms with Crippen molar-refractivity contribution in [3.05, 3.63) is 83.9 Å². The standard InChI is InChI=1S/C23H23NO2/c1-16-9-12-21(15-17(16)2)24-23(25)18(3)26-22-13-10-20(11-14-22)19-7-5-4-6-8-19/h4-15,18H,1-3H3,(H,24,25). The number of nitrogens with one attached hydrogen (secondary N) is 1. The molecular formula is C23H23NO2. The third kappa shape index (κ3) is 4.31. The van der Waals surface area contributed by atoms with Crippen molar-refractivity contribution in [2.45, 2.75) is 26.9 Å². The van der Waals surface area contributed by atoms with Crippen molar-refractivity contribution >= 4 is 11.6 Å². The first kappa shape index (κ1) is 17.7. The number of anilines is 1. The molecule has 0 bridgehead atoms. The SMILES string of the molecule is Cc1ccc(NC(=O)C(C)Oc2ccc(-c3ccccc3)cc2)cc1C. The Morgan fingerprint density at radius 1 is 0.846 bits per heavy atom. The maximum absolute atomic E-state index is 12.4. The summed E-state index contributed by atoms with van der Waals surface area (Å²) in [5.41, 5.74) is 5.40. The Bertz CT molecular complexity index is 886. The lowest BCUT2D eigenvalue weighted by Gasteiger charge is -2.15. The average Bonchev–Trinajstić information content (AvgIpc) is 2.66. The molecule has 132 valence electrons. The Morgan fingerprint density at radius 2 is 1.50 bits per heavy atom. The van der Waals surface area contributed by atoms with Crippen LogP contribution in [0.5, 0.6) is 5.75 Å². The van der Waals surface area contributed by atoms with Gasteiger partial charge in [0.25, 0.3) is 5.91 Å². The molecular weight excluding hydrogens is 322 g/mol. The van der Waals surface area contributed by atoms with Crippen LogP contribution in [0.1, 0.15) is 18.1 Å². The van der Waals surface area contributed by atoms with Crippen molar-refractivity contribution in [2.24, 2.45) is 0 Å². The molecule has 1 atom stereocenters. The molecule has 0 fully saturated rings. The molecule has 1 amide bonds. The van der Waals surface area contributed by atoms with Crippen LogP contribution in [-0.2, 0) is 4.79 Å². The van der Waals surface area contributed by atoms with Gasteiger partial charge in [0.15, 0.2) is 6.10 Å². The zero-order chi connectivity index (χ0) is 18.5. The van der Waals surface area contributed by atoms with Crippen LogP contribution < -0.4 is 10.1 Å². The summed E-state index contributed by atoms with van der Waals surface area (Å²) in [7, 11) is 0. The van der Waals surface area contributed by atoms with E-state index in [4.69, 9.17) is 4.74 Å². The highest BCUT2D eigenvalue weighted by molar-refractivity contribution is 5.94. The summed E-state index contributed by atoms with van der Waals surface area (Å²) in [6, 6.07) is 23.8. The molecule has 3 nitrogen and oxygen atoms in total. The molecule has 0 heterocycles. The molecule has 0 aliphatic heterocycles. The van der Waals surface area contributed by atoms with Gasteiger partial charge < -0.3 is 10.1 Å². The first-order valence-corrected chi connectivity index (χ1v) is 8.73. The third-order valence-corrected chi connectivity index (χ3v) is 4.42. The summed E-state index contributed by atoms with van der Waals surface area (Å²) in [6.07, 6.45) is -0.584. The highest BCUT2D eigenvalue weighted by atomic mass is 16.5. The number of rotatable bonds is 5. The maximum atomic E-state index is 12.4. The Morgan fingerprint density at radius 3 is 2.15 bits per heavy atom. The number of carbonyl (C=O) groups is 1. The Kier molecular flexibility index (Phi) is 5.37. The summed E-state index contributed by atoms with van der Waals surface area (Å²) < 4.78 is 5.78. The number of hydrogen-bond acceptors (Lipinski definition) is 2. The minimum absolute atomic E-state index is 0.166. The molecule has 0 aliphatic rings. The van der Waals surface area contributed by atoms with E-state index >= 15 is 0 Å².